The van der Waals surface area contributed by atoms with Crippen LogP contribution in [-0.4, -0.2) is 36.5 Å². The molecule has 5 nitrogen and oxygen atoms in total. The first kappa shape index (κ1) is 15.7. The molecule has 3 rings (SSSR count). The van der Waals surface area contributed by atoms with Crippen molar-refractivity contribution >= 4 is 23.1 Å². The Morgan fingerprint density at radius 2 is 1.96 bits per heavy atom. The average Bonchev–Trinajstić information content (AvgIpc) is 2.68. The van der Waals surface area contributed by atoms with Gasteiger partial charge in [0.1, 0.15) is 0 Å². The topological polar surface area (TPSA) is 57.4 Å². The Morgan fingerprint density at radius 1 is 1.22 bits per heavy atom. The molecular weight excluding hydrogens is 314 g/mol. The highest BCUT2D eigenvalue weighted by Gasteiger charge is 2.28. The molecule has 0 amide bonds. The van der Waals surface area contributed by atoms with Gasteiger partial charge in [-0.1, -0.05) is 41.9 Å². The van der Waals surface area contributed by atoms with E-state index in [1.807, 2.05) is 30.3 Å². The summed E-state index contributed by atoms with van der Waals surface area (Å²) >= 11 is 6.15. The number of rotatable bonds is 2. The maximum Gasteiger partial charge on any atom is 0.213 e. The maximum atomic E-state index is 10.8. The predicted molar refractivity (Wildman–Crippen MR) is 89.0 cm³/mol. The van der Waals surface area contributed by atoms with E-state index in [0.29, 0.717) is 27.1 Å². The van der Waals surface area contributed by atoms with Crippen molar-refractivity contribution in [3.63, 3.8) is 0 Å². The lowest BCUT2D eigenvalue weighted by Crippen LogP contribution is -2.39. The Labute approximate surface area is 138 Å². The Hall–Kier alpha value is -2.21. The van der Waals surface area contributed by atoms with Crippen LogP contribution in [0.25, 0.3) is 5.70 Å². The Kier molecular flexibility index (Phi) is 4.43. The summed E-state index contributed by atoms with van der Waals surface area (Å²) in [6.07, 6.45) is -0.804. The van der Waals surface area contributed by atoms with Crippen LogP contribution in [0.2, 0.25) is 5.02 Å². The first-order valence-electron chi connectivity index (χ1n) is 7.07. The minimum absolute atomic E-state index is 0.379. The Morgan fingerprint density at radius 3 is 2.61 bits per heavy atom. The third-order valence-corrected chi connectivity index (χ3v) is 3.86. The van der Waals surface area contributed by atoms with E-state index in [1.54, 1.807) is 25.2 Å². The van der Waals surface area contributed by atoms with E-state index >= 15 is 0 Å². The molecule has 1 unspecified atom stereocenters. The molecule has 1 aliphatic heterocycles. The van der Waals surface area contributed by atoms with E-state index in [-0.39, 0.29) is 0 Å². The highest BCUT2D eigenvalue weighted by molar-refractivity contribution is 6.30. The number of aliphatic imine (C=N–C) groups is 1. The number of hydrogen-bond acceptors (Lipinski definition) is 4. The number of ether oxygens (including phenoxy) is 1. The predicted octanol–water partition coefficient (Wildman–Crippen LogP) is 1.82. The second-order valence-electron chi connectivity index (χ2n) is 5.00. The van der Waals surface area contributed by atoms with Gasteiger partial charge in [-0.15, -0.1) is 0 Å². The maximum absolute atomic E-state index is 10.8. The molecule has 0 radical (unpaired) electrons. The van der Waals surface area contributed by atoms with Crippen LogP contribution in [0.3, 0.4) is 0 Å². The van der Waals surface area contributed by atoms with Gasteiger partial charge in [-0.25, -0.2) is 10.1 Å². The summed E-state index contributed by atoms with van der Waals surface area (Å²) < 4.78 is 5.40. The number of amidine groups is 1. The first-order chi connectivity index (χ1) is 11.2. The summed E-state index contributed by atoms with van der Waals surface area (Å²) in [5.41, 5.74) is 1.39. The van der Waals surface area contributed by atoms with Gasteiger partial charge in [0.05, 0.1) is 11.1 Å². The number of methoxy groups -OCH3 is 1. The molecule has 1 N–H and O–H groups in total. The number of halogens is 1. The number of hydroxylamine groups is 2. The van der Waals surface area contributed by atoms with Gasteiger partial charge in [0.2, 0.25) is 6.23 Å². The van der Waals surface area contributed by atoms with Crippen LogP contribution < -0.4 is 10.6 Å². The zero-order chi connectivity index (χ0) is 16.4. The quantitative estimate of drug-likeness (QED) is 0.914. The fourth-order valence-corrected chi connectivity index (χ4v) is 2.75. The van der Waals surface area contributed by atoms with Gasteiger partial charge in [0.15, 0.2) is 5.84 Å². The molecule has 1 aliphatic rings. The van der Waals surface area contributed by atoms with Crippen LogP contribution in [0.1, 0.15) is 5.56 Å². The number of nitrogens with zero attached hydrogens (tertiary/aromatic N) is 3. The lowest BCUT2D eigenvalue weighted by atomic mass is 10.1. The largest absolute Gasteiger partial charge is 0.353 e. The van der Waals surface area contributed by atoms with Crippen molar-refractivity contribution in [1.82, 2.24) is 5.06 Å². The van der Waals surface area contributed by atoms with Gasteiger partial charge < -0.3 is 4.74 Å². The van der Waals surface area contributed by atoms with Crippen molar-refractivity contribution in [2.24, 2.45) is 9.98 Å². The second-order valence-corrected chi connectivity index (χ2v) is 5.44. The molecule has 2 aromatic carbocycles. The molecule has 23 heavy (non-hydrogen) atoms. The second kappa shape index (κ2) is 6.50. The molecule has 1 heterocycles. The molecule has 6 heteroatoms. The van der Waals surface area contributed by atoms with Crippen LogP contribution in [0.5, 0.6) is 0 Å². The van der Waals surface area contributed by atoms with Gasteiger partial charge in [0.25, 0.3) is 0 Å². The van der Waals surface area contributed by atoms with E-state index in [1.165, 1.54) is 7.11 Å². The Bertz CT molecular complexity index is 865. The lowest BCUT2D eigenvalue weighted by Gasteiger charge is -2.26. The summed E-state index contributed by atoms with van der Waals surface area (Å²) in [5.74, 6) is 0.379. The van der Waals surface area contributed by atoms with Gasteiger partial charge in [-0.3, -0.25) is 10.2 Å². The molecule has 118 valence electrons. The fourth-order valence-electron chi connectivity index (χ4n) is 2.57. The molecule has 0 aromatic heterocycles. The summed E-state index contributed by atoms with van der Waals surface area (Å²) in [4.78, 5) is 8.66. The van der Waals surface area contributed by atoms with E-state index in [2.05, 4.69) is 9.98 Å². The molecule has 0 saturated carbocycles. The van der Waals surface area contributed by atoms with E-state index in [4.69, 9.17) is 16.3 Å². The monoisotopic (exact) mass is 329 g/mol. The van der Waals surface area contributed by atoms with Crippen molar-refractivity contribution in [3.8, 4) is 0 Å². The van der Waals surface area contributed by atoms with Gasteiger partial charge >= 0.3 is 0 Å². The highest BCUT2D eigenvalue weighted by atomic mass is 35.5. The molecule has 1 atom stereocenters. The zero-order valence-corrected chi connectivity index (χ0v) is 13.5. The summed E-state index contributed by atoms with van der Waals surface area (Å²) in [6.45, 7) is 0. The van der Waals surface area contributed by atoms with Gasteiger partial charge in [0, 0.05) is 30.0 Å². The minimum Gasteiger partial charge on any atom is -0.353 e. The standard InChI is InChI=1S/C17H16ClN3O2/c1-19-16-17(23-2)21(22)15(11-6-4-3-5-7-11)13-10-12(18)8-9-14(13)20-16/h3-10,17,22H,1-2H3. The summed E-state index contributed by atoms with van der Waals surface area (Å²) in [6, 6.07) is 14.9. The fraction of sp³-hybridized carbons (Fsp3) is 0.176. The zero-order valence-electron chi connectivity index (χ0n) is 12.8. The van der Waals surface area contributed by atoms with Crippen LogP contribution in [0.15, 0.2) is 58.5 Å². The molecular formula is C17H16ClN3O2. The SMILES string of the molecule is CN=C1N=c2ccc(Cl)cc2=C(c2ccccc2)N(O)C1OC. The van der Waals surface area contributed by atoms with E-state index < -0.39 is 6.23 Å². The Balaban J connectivity index is 2.43. The first-order valence-corrected chi connectivity index (χ1v) is 7.45. The van der Waals surface area contributed by atoms with Crippen molar-refractivity contribution in [2.75, 3.05) is 14.2 Å². The van der Waals surface area contributed by atoms with Gasteiger partial charge in [-0.05, 0) is 18.2 Å². The van der Waals surface area contributed by atoms with Crippen LogP contribution in [0, 0.1) is 0 Å². The third-order valence-electron chi connectivity index (χ3n) is 3.62. The van der Waals surface area contributed by atoms with Crippen molar-refractivity contribution < 1.29 is 9.94 Å². The van der Waals surface area contributed by atoms with Crippen molar-refractivity contribution in [3.05, 3.63) is 69.7 Å². The van der Waals surface area contributed by atoms with Gasteiger partial charge in [-0.2, -0.15) is 0 Å². The molecule has 0 aliphatic carbocycles. The number of fused-ring (bicyclic) bond motifs is 1. The van der Waals surface area contributed by atoms with Crippen LogP contribution in [0.4, 0.5) is 0 Å². The summed E-state index contributed by atoms with van der Waals surface area (Å²) in [7, 11) is 3.11. The van der Waals surface area contributed by atoms with Crippen molar-refractivity contribution in [1.29, 1.82) is 0 Å². The molecule has 0 fully saturated rings. The van der Waals surface area contributed by atoms with Crippen molar-refractivity contribution in [2.45, 2.75) is 6.23 Å². The van der Waals surface area contributed by atoms with E-state index in [0.717, 1.165) is 10.6 Å². The molecule has 0 bridgehead atoms. The third kappa shape index (κ3) is 2.86. The minimum atomic E-state index is -0.804. The molecule has 2 aromatic rings. The average molecular weight is 330 g/mol. The van der Waals surface area contributed by atoms with Crippen LogP contribution >= 0.6 is 11.6 Å². The van der Waals surface area contributed by atoms with E-state index in [9.17, 15) is 5.21 Å². The number of hydrogen-bond donors (Lipinski definition) is 1. The normalized spacial score (nSPS) is 19.3. The van der Waals surface area contributed by atoms with Crippen LogP contribution in [-0.2, 0) is 4.74 Å². The number of benzene rings is 2. The lowest BCUT2D eigenvalue weighted by molar-refractivity contribution is -0.130. The molecule has 0 spiro atoms. The molecule has 0 saturated heterocycles. The smallest absolute Gasteiger partial charge is 0.213 e. The summed E-state index contributed by atoms with van der Waals surface area (Å²) in [5, 5.41) is 13.8. The highest BCUT2D eigenvalue weighted by Crippen LogP contribution is 2.19.